The van der Waals surface area contributed by atoms with Crippen LogP contribution in [0.2, 0.25) is 0 Å². The standard InChI is InChI=1S/C9H16O/c1-9(2)6-7-4-3-5-8(7)10-9/h7-8H,3-6H2,1-2H3. The fourth-order valence-electron chi connectivity index (χ4n) is 2.48. The highest BCUT2D eigenvalue weighted by atomic mass is 16.5. The molecule has 2 aliphatic rings. The molecule has 2 atom stereocenters. The van der Waals surface area contributed by atoms with Crippen LogP contribution in [0.1, 0.15) is 39.5 Å². The number of hydrogen-bond donors (Lipinski definition) is 0. The van der Waals surface area contributed by atoms with Gasteiger partial charge in [-0.25, -0.2) is 0 Å². The number of hydrogen-bond acceptors (Lipinski definition) is 1. The lowest BCUT2D eigenvalue weighted by Crippen LogP contribution is -2.19. The molecule has 1 heterocycles. The van der Waals surface area contributed by atoms with Crippen molar-refractivity contribution in [1.29, 1.82) is 0 Å². The monoisotopic (exact) mass is 140 g/mol. The average molecular weight is 140 g/mol. The van der Waals surface area contributed by atoms with Crippen molar-refractivity contribution in [3.63, 3.8) is 0 Å². The van der Waals surface area contributed by atoms with Crippen LogP contribution < -0.4 is 0 Å². The molecule has 2 unspecified atom stereocenters. The molecule has 1 saturated carbocycles. The topological polar surface area (TPSA) is 9.23 Å². The van der Waals surface area contributed by atoms with E-state index in [1.807, 2.05) is 0 Å². The Hall–Kier alpha value is -0.0400. The SMILES string of the molecule is CC1(C)CC2CCCC2O1. The highest BCUT2D eigenvalue weighted by Crippen LogP contribution is 2.43. The Balaban J connectivity index is 2.07. The van der Waals surface area contributed by atoms with Crippen LogP contribution in [0.25, 0.3) is 0 Å². The summed E-state index contributed by atoms with van der Waals surface area (Å²) >= 11 is 0. The van der Waals surface area contributed by atoms with E-state index in [0.717, 1.165) is 5.92 Å². The van der Waals surface area contributed by atoms with E-state index < -0.39 is 0 Å². The summed E-state index contributed by atoms with van der Waals surface area (Å²) in [5.74, 6) is 0.898. The molecule has 0 spiro atoms. The van der Waals surface area contributed by atoms with Gasteiger partial charge in [0.05, 0.1) is 11.7 Å². The summed E-state index contributed by atoms with van der Waals surface area (Å²) in [5, 5.41) is 0. The molecule has 0 aromatic heterocycles. The van der Waals surface area contributed by atoms with Crippen LogP contribution in [0.3, 0.4) is 0 Å². The Morgan fingerprint density at radius 3 is 2.80 bits per heavy atom. The van der Waals surface area contributed by atoms with E-state index >= 15 is 0 Å². The minimum Gasteiger partial charge on any atom is -0.372 e. The predicted molar refractivity (Wildman–Crippen MR) is 40.9 cm³/mol. The van der Waals surface area contributed by atoms with Gasteiger partial charge in [-0.3, -0.25) is 0 Å². The van der Waals surface area contributed by atoms with E-state index in [4.69, 9.17) is 4.74 Å². The zero-order valence-corrected chi connectivity index (χ0v) is 6.89. The van der Waals surface area contributed by atoms with Gasteiger partial charge in [-0.15, -0.1) is 0 Å². The molecule has 1 nitrogen and oxygen atoms in total. The van der Waals surface area contributed by atoms with E-state index in [9.17, 15) is 0 Å². The summed E-state index contributed by atoms with van der Waals surface area (Å²) in [6, 6.07) is 0. The van der Waals surface area contributed by atoms with Crippen LogP contribution in [-0.4, -0.2) is 11.7 Å². The highest BCUT2D eigenvalue weighted by Gasteiger charge is 2.42. The van der Waals surface area contributed by atoms with Gasteiger partial charge in [0, 0.05) is 0 Å². The second kappa shape index (κ2) is 1.97. The van der Waals surface area contributed by atoms with Crippen molar-refractivity contribution < 1.29 is 4.74 Å². The van der Waals surface area contributed by atoms with Crippen molar-refractivity contribution in [3.8, 4) is 0 Å². The maximum atomic E-state index is 5.87. The van der Waals surface area contributed by atoms with E-state index in [2.05, 4.69) is 13.8 Å². The van der Waals surface area contributed by atoms with Gasteiger partial charge in [-0.05, 0) is 39.0 Å². The minimum absolute atomic E-state index is 0.190. The quantitative estimate of drug-likeness (QED) is 0.502. The smallest absolute Gasteiger partial charge is 0.0634 e. The molecule has 1 aliphatic heterocycles. The van der Waals surface area contributed by atoms with Crippen LogP contribution in [-0.2, 0) is 4.74 Å². The van der Waals surface area contributed by atoms with E-state index in [1.165, 1.54) is 25.7 Å². The van der Waals surface area contributed by atoms with Gasteiger partial charge >= 0.3 is 0 Å². The second-order valence-electron chi connectivity index (χ2n) is 4.31. The largest absolute Gasteiger partial charge is 0.372 e. The first-order chi connectivity index (χ1) is 4.67. The van der Waals surface area contributed by atoms with Crippen molar-refractivity contribution in [2.45, 2.75) is 51.2 Å². The molecule has 0 radical (unpaired) electrons. The van der Waals surface area contributed by atoms with Gasteiger partial charge in [-0.2, -0.15) is 0 Å². The summed E-state index contributed by atoms with van der Waals surface area (Å²) in [4.78, 5) is 0. The third-order valence-electron chi connectivity index (χ3n) is 2.81. The highest BCUT2D eigenvalue weighted by molar-refractivity contribution is 4.91. The van der Waals surface area contributed by atoms with Crippen molar-refractivity contribution >= 4 is 0 Å². The van der Waals surface area contributed by atoms with Gasteiger partial charge < -0.3 is 4.74 Å². The molecule has 58 valence electrons. The minimum atomic E-state index is 0.190. The van der Waals surface area contributed by atoms with Crippen molar-refractivity contribution in [3.05, 3.63) is 0 Å². The fraction of sp³-hybridized carbons (Fsp3) is 1.00. The van der Waals surface area contributed by atoms with Crippen molar-refractivity contribution in [1.82, 2.24) is 0 Å². The number of ether oxygens (including phenoxy) is 1. The van der Waals surface area contributed by atoms with Gasteiger partial charge in [-0.1, -0.05) is 6.42 Å². The third-order valence-corrected chi connectivity index (χ3v) is 2.81. The Morgan fingerprint density at radius 2 is 2.10 bits per heavy atom. The third kappa shape index (κ3) is 0.968. The van der Waals surface area contributed by atoms with Crippen LogP contribution in [0.5, 0.6) is 0 Å². The molecular formula is C9H16O. The molecule has 10 heavy (non-hydrogen) atoms. The maximum Gasteiger partial charge on any atom is 0.0634 e. The molecule has 0 aromatic rings. The summed E-state index contributed by atoms with van der Waals surface area (Å²) in [5.41, 5.74) is 0.190. The van der Waals surface area contributed by atoms with E-state index in [1.54, 1.807) is 0 Å². The second-order valence-corrected chi connectivity index (χ2v) is 4.31. The molecule has 1 heteroatoms. The normalized spacial score (nSPS) is 43.8. The summed E-state index contributed by atoms with van der Waals surface area (Å²) in [7, 11) is 0. The molecular weight excluding hydrogens is 124 g/mol. The maximum absolute atomic E-state index is 5.87. The lowest BCUT2D eigenvalue weighted by Gasteiger charge is -2.18. The van der Waals surface area contributed by atoms with Crippen LogP contribution in [0.15, 0.2) is 0 Å². The van der Waals surface area contributed by atoms with E-state index in [0.29, 0.717) is 6.10 Å². The van der Waals surface area contributed by atoms with Gasteiger partial charge in [0.15, 0.2) is 0 Å². The zero-order chi connectivity index (χ0) is 7.19. The zero-order valence-electron chi connectivity index (χ0n) is 6.89. The molecule has 1 saturated heterocycles. The first-order valence-corrected chi connectivity index (χ1v) is 4.35. The summed E-state index contributed by atoms with van der Waals surface area (Å²) in [6.07, 6.45) is 6.03. The Labute approximate surface area is 62.8 Å². The van der Waals surface area contributed by atoms with Crippen molar-refractivity contribution in [2.75, 3.05) is 0 Å². The lowest BCUT2D eigenvalue weighted by atomic mass is 9.96. The molecule has 0 aromatic carbocycles. The Bertz CT molecular complexity index is 126. The molecule has 0 N–H and O–H groups in total. The number of fused-ring (bicyclic) bond motifs is 1. The van der Waals surface area contributed by atoms with Gasteiger partial charge in [0.1, 0.15) is 0 Å². The van der Waals surface area contributed by atoms with Crippen LogP contribution >= 0.6 is 0 Å². The molecule has 1 aliphatic carbocycles. The molecule has 2 rings (SSSR count). The molecule has 0 amide bonds. The van der Waals surface area contributed by atoms with Gasteiger partial charge in [0.25, 0.3) is 0 Å². The lowest BCUT2D eigenvalue weighted by molar-refractivity contribution is -0.0170. The van der Waals surface area contributed by atoms with E-state index in [-0.39, 0.29) is 5.60 Å². The van der Waals surface area contributed by atoms with Crippen LogP contribution in [0, 0.1) is 5.92 Å². The summed E-state index contributed by atoms with van der Waals surface area (Å²) in [6.45, 7) is 4.43. The summed E-state index contributed by atoms with van der Waals surface area (Å²) < 4.78 is 5.87. The fourth-order valence-corrected chi connectivity index (χ4v) is 2.48. The first kappa shape index (κ1) is 6.66. The molecule has 2 fully saturated rings. The van der Waals surface area contributed by atoms with Crippen LogP contribution in [0.4, 0.5) is 0 Å². The Kier molecular flexibility index (Phi) is 1.31. The Morgan fingerprint density at radius 1 is 1.30 bits per heavy atom. The average Bonchev–Trinajstić information content (AvgIpc) is 2.20. The first-order valence-electron chi connectivity index (χ1n) is 4.35. The molecule has 0 bridgehead atoms. The predicted octanol–water partition coefficient (Wildman–Crippen LogP) is 2.35. The van der Waals surface area contributed by atoms with Crippen molar-refractivity contribution in [2.24, 2.45) is 5.92 Å². The van der Waals surface area contributed by atoms with Gasteiger partial charge in [0.2, 0.25) is 0 Å². The number of rotatable bonds is 0.